The highest BCUT2D eigenvalue weighted by molar-refractivity contribution is 5.94. The van der Waals surface area contributed by atoms with E-state index < -0.39 is 53.8 Å². The molecule has 0 aliphatic carbocycles. The highest BCUT2D eigenvalue weighted by atomic mass is 16.4. The van der Waals surface area contributed by atoms with Crippen LogP contribution in [-0.4, -0.2) is 75.6 Å². The fraction of sp³-hybridized carbons (Fsp3) is 0.414. The minimum Gasteiger partial charge on any atom is -0.508 e. The molecule has 0 spiro atoms. The third kappa shape index (κ3) is 12.4. The number of phenols is 2. The summed E-state index contributed by atoms with van der Waals surface area (Å²) < 4.78 is 0. The maximum absolute atomic E-state index is 13.4. The number of aromatic hydroxyl groups is 2. The number of carbonyl (C=O) groups excluding carboxylic acids is 4. The molecule has 2 rings (SSSR count). The summed E-state index contributed by atoms with van der Waals surface area (Å²) in [5.74, 6) is -4.15. The SMILES string of the molecule is NCCCCC(NC(=O)C(N)CCC(N)=O)C(=O)NC(Cc1ccc(O)cc1)C(=O)NC(Cc1ccc(O)cc1)C(=O)O. The van der Waals surface area contributed by atoms with Crippen LogP contribution in [0.4, 0.5) is 0 Å². The summed E-state index contributed by atoms with van der Waals surface area (Å²) in [5.41, 5.74) is 17.7. The van der Waals surface area contributed by atoms with Crippen LogP contribution in [0.3, 0.4) is 0 Å². The Hall–Kier alpha value is -4.69. The zero-order chi connectivity index (χ0) is 31.9. The molecule has 4 amide bonds. The van der Waals surface area contributed by atoms with Gasteiger partial charge in [-0.1, -0.05) is 24.3 Å². The summed E-state index contributed by atoms with van der Waals surface area (Å²) in [6, 6.07) is 6.88. The molecule has 0 saturated carbocycles. The third-order valence-corrected chi connectivity index (χ3v) is 6.62. The summed E-state index contributed by atoms with van der Waals surface area (Å²) in [5, 5.41) is 36.6. The molecule has 0 aromatic heterocycles. The molecule has 0 aliphatic rings. The average Bonchev–Trinajstić information content (AvgIpc) is 2.96. The molecular formula is C29H40N6O8. The molecule has 2 aromatic carbocycles. The van der Waals surface area contributed by atoms with E-state index in [1.165, 1.54) is 36.4 Å². The number of phenolic OH excluding ortho intramolecular Hbond substituents is 2. The number of nitrogens with one attached hydrogen (secondary N) is 3. The lowest BCUT2D eigenvalue weighted by atomic mass is 10.0. The zero-order valence-corrected chi connectivity index (χ0v) is 23.7. The fourth-order valence-corrected chi connectivity index (χ4v) is 4.16. The first-order valence-electron chi connectivity index (χ1n) is 13.8. The van der Waals surface area contributed by atoms with Gasteiger partial charge in [0, 0.05) is 19.3 Å². The van der Waals surface area contributed by atoms with Gasteiger partial charge in [0.15, 0.2) is 0 Å². The van der Waals surface area contributed by atoms with Crippen LogP contribution < -0.4 is 33.2 Å². The van der Waals surface area contributed by atoms with Gasteiger partial charge < -0.3 is 48.5 Å². The van der Waals surface area contributed by atoms with Crippen molar-refractivity contribution in [3.8, 4) is 11.5 Å². The van der Waals surface area contributed by atoms with Gasteiger partial charge in [0.25, 0.3) is 0 Å². The summed E-state index contributed by atoms with van der Waals surface area (Å²) >= 11 is 0. The van der Waals surface area contributed by atoms with E-state index in [0.717, 1.165) is 0 Å². The van der Waals surface area contributed by atoms with Crippen molar-refractivity contribution < 1.29 is 39.3 Å². The van der Waals surface area contributed by atoms with Gasteiger partial charge in [0.2, 0.25) is 23.6 Å². The van der Waals surface area contributed by atoms with Crippen molar-refractivity contribution in [3.63, 3.8) is 0 Å². The van der Waals surface area contributed by atoms with E-state index in [1.807, 2.05) is 0 Å². The van der Waals surface area contributed by atoms with Gasteiger partial charge in [-0.25, -0.2) is 4.79 Å². The molecular weight excluding hydrogens is 560 g/mol. The van der Waals surface area contributed by atoms with Crippen molar-refractivity contribution in [2.45, 2.75) is 69.1 Å². The van der Waals surface area contributed by atoms with E-state index in [4.69, 9.17) is 17.2 Å². The smallest absolute Gasteiger partial charge is 0.326 e. The summed E-state index contributed by atoms with van der Waals surface area (Å²) in [4.78, 5) is 62.6. The second kappa shape index (κ2) is 17.3. The lowest BCUT2D eigenvalue weighted by Gasteiger charge is -2.25. The first-order valence-corrected chi connectivity index (χ1v) is 13.8. The number of amides is 4. The maximum Gasteiger partial charge on any atom is 0.326 e. The van der Waals surface area contributed by atoms with Crippen molar-refractivity contribution in [3.05, 3.63) is 59.7 Å². The molecule has 12 N–H and O–H groups in total. The van der Waals surface area contributed by atoms with Crippen LogP contribution >= 0.6 is 0 Å². The molecule has 2 aromatic rings. The molecule has 43 heavy (non-hydrogen) atoms. The number of primary amides is 1. The van der Waals surface area contributed by atoms with E-state index in [0.29, 0.717) is 30.5 Å². The maximum atomic E-state index is 13.4. The highest BCUT2D eigenvalue weighted by Gasteiger charge is 2.30. The number of hydrogen-bond acceptors (Lipinski definition) is 9. The number of hydrogen-bond donors (Lipinski definition) is 9. The topological polar surface area (TPSA) is 260 Å². The Balaban J connectivity index is 2.26. The quantitative estimate of drug-likeness (QED) is 0.0956. The van der Waals surface area contributed by atoms with Crippen LogP contribution in [0, 0.1) is 0 Å². The van der Waals surface area contributed by atoms with Gasteiger partial charge in [0.05, 0.1) is 6.04 Å². The average molecular weight is 601 g/mol. The van der Waals surface area contributed by atoms with Crippen LogP contribution in [0.15, 0.2) is 48.5 Å². The van der Waals surface area contributed by atoms with E-state index in [1.54, 1.807) is 12.1 Å². The lowest BCUT2D eigenvalue weighted by molar-refractivity contribution is -0.142. The summed E-state index contributed by atoms with van der Waals surface area (Å²) in [7, 11) is 0. The number of carboxylic acid groups (broad SMARTS) is 1. The Morgan fingerprint density at radius 3 is 1.63 bits per heavy atom. The normalized spacial score (nSPS) is 13.6. The van der Waals surface area contributed by atoms with Crippen molar-refractivity contribution in [2.24, 2.45) is 17.2 Å². The van der Waals surface area contributed by atoms with Crippen LogP contribution in [0.1, 0.15) is 43.2 Å². The molecule has 0 saturated heterocycles. The molecule has 0 aliphatic heterocycles. The number of benzene rings is 2. The Bertz CT molecular complexity index is 1240. The number of carboxylic acids is 1. The largest absolute Gasteiger partial charge is 0.508 e. The van der Waals surface area contributed by atoms with Crippen molar-refractivity contribution in [2.75, 3.05) is 6.54 Å². The number of nitrogens with two attached hydrogens (primary N) is 3. The summed E-state index contributed by atoms with van der Waals surface area (Å²) in [6.07, 6.45) is 0.886. The van der Waals surface area contributed by atoms with E-state index >= 15 is 0 Å². The molecule has 0 radical (unpaired) electrons. The monoisotopic (exact) mass is 600 g/mol. The van der Waals surface area contributed by atoms with Gasteiger partial charge in [-0.15, -0.1) is 0 Å². The number of aliphatic carboxylic acids is 1. The molecule has 4 unspecified atom stereocenters. The molecule has 234 valence electrons. The Kier molecular flexibility index (Phi) is 13.9. The minimum absolute atomic E-state index is 0.00160. The minimum atomic E-state index is -1.36. The second-order valence-corrected chi connectivity index (χ2v) is 10.2. The van der Waals surface area contributed by atoms with Gasteiger partial charge in [-0.05, 0) is 67.6 Å². The van der Waals surface area contributed by atoms with Crippen LogP contribution in [0.25, 0.3) is 0 Å². The predicted octanol–water partition coefficient (Wildman–Crippen LogP) is -0.856. The van der Waals surface area contributed by atoms with E-state index in [2.05, 4.69) is 16.0 Å². The predicted molar refractivity (Wildman–Crippen MR) is 156 cm³/mol. The first kappa shape index (κ1) is 34.5. The molecule has 0 bridgehead atoms. The molecule has 0 fully saturated rings. The Morgan fingerprint density at radius 2 is 1.14 bits per heavy atom. The molecule has 4 atom stereocenters. The number of unbranched alkanes of at least 4 members (excludes halogenated alkanes) is 1. The summed E-state index contributed by atoms with van der Waals surface area (Å²) in [6.45, 7) is 0.351. The Morgan fingerprint density at radius 1 is 0.674 bits per heavy atom. The first-order chi connectivity index (χ1) is 20.4. The van der Waals surface area contributed by atoms with Crippen molar-refractivity contribution >= 4 is 29.6 Å². The Labute approximate surface area is 249 Å². The molecule has 14 nitrogen and oxygen atoms in total. The van der Waals surface area contributed by atoms with Gasteiger partial charge >= 0.3 is 5.97 Å². The third-order valence-electron chi connectivity index (χ3n) is 6.62. The lowest BCUT2D eigenvalue weighted by Crippen LogP contribution is -2.57. The van der Waals surface area contributed by atoms with Gasteiger partial charge in [-0.3, -0.25) is 19.2 Å². The van der Waals surface area contributed by atoms with Crippen LogP contribution in [0.2, 0.25) is 0 Å². The zero-order valence-electron chi connectivity index (χ0n) is 23.7. The van der Waals surface area contributed by atoms with Crippen LogP contribution in [-0.2, 0) is 36.8 Å². The van der Waals surface area contributed by atoms with Crippen LogP contribution in [0.5, 0.6) is 11.5 Å². The second-order valence-electron chi connectivity index (χ2n) is 10.2. The van der Waals surface area contributed by atoms with E-state index in [-0.39, 0.29) is 43.6 Å². The molecule has 14 heteroatoms. The highest BCUT2D eigenvalue weighted by Crippen LogP contribution is 2.14. The number of carbonyl (C=O) groups is 5. The van der Waals surface area contributed by atoms with Crippen molar-refractivity contribution in [1.29, 1.82) is 0 Å². The van der Waals surface area contributed by atoms with Crippen molar-refractivity contribution in [1.82, 2.24) is 16.0 Å². The number of rotatable bonds is 18. The molecule has 0 heterocycles. The fourth-order valence-electron chi connectivity index (χ4n) is 4.16. The van der Waals surface area contributed by atoms with E-state index in [9.17, 15) is 39.3 Å². The standard InChI is InChI=1S/C29H40N6O8/c30-14-2-1-3-22(33-26(39)21(31)12-13-25(32)38)27(40)34-23(15-17-4-8-19(36)9-5-17)28(41)35-24(29(42)43)16-18-6-10-20(37)11-7-18/h4-11,21-24,36-37H,1-3,12-16,30-31H2,(H2,32,38)(H,33,39)(H,34,40)(H,35,41)(H,42,43). The van der Waals surface area contributed by atoms with Gasteiger partial charge in [-0.2, -0.15) is 0 Å². The van der Waals surface area contributed by atoms with Gasteiger partial charge in [0.1, 0.15) is 29.6 Å².